The number of hydrogen-bond donors (Lipinski definition) is 0. The maximum atomic E-state index is 2.71. The van der Waals surface area contributed by atoms with Crippen molar-refractivity contribution in [1.82, 2.24) is 9.80 Å². The minimum Gasteiger partial charge on any atom is -0.412 e. The van der Waals surface area contributed by atoms with Gasteiger partial charge in [-0.25, -0.2) is 0 Å². The van der Waals surface area contributed by atoms with Gasteiger partial charge >= 0.3 is 0 Å². The number of nitrogens with zero attached hydrogens (tertiary/aromatic N) is 2. The van der Waals surface area contributed by atoms with Crippen molar-refractivity contribution in [3.05, 3.63) is 71.3 Å². The summed E-state index contributed by atoms with van der Waals surface area (Å²) in [5.41, 5.74) is 4.70. The number of fused-ring (bicyclic) bond motifs is 3. The topological polar surface area (TPSA) is 38.0 Å². The van der Waals surface area contributed by atoms with Crippen LogP contribution in [-0.4, -0.2) is 55.6 Å². The smallest absolute Gasteiger partial charge is 0.0138 e. The molecule has 1 heterocycles. The summed E-state index contributed by atoms with van der Waals surface area (Å²) in [6, 6.07) is 20.4. The van der Waals surface area contributed by atoms with Crippen molar-refractivity contribution in [2.24, 2.45) is 5.92 Å². The average Bonchev–Trinajstić information content (AvgIpc) is 2.96. The molecule has 1 saturated heterocycles. The average molecular weight is 425 g/mol. The molecule has 0 bridgehead atoms. The van der Waals surface area contributed by atoms with Crippen LogP contribution in [0.1, 0.15) is 41.4 Å². The third-order valence-corrected chi connectivity index (χ3v) is 6.14. The van der Waals surface area contributed by atoms with E-state index in [0.717, 1.165) is 11.8 Å². The normalized spacial score (nSPS) is 23.0. The van der Waals surface area contributed by atoms with Gasteiger partial charge in [0.1, 0.15) is 0 Å². The van der Waals surface area contributed by atoms with Crippen LogP contribution in [0.25, 0.3) is 0 Å². The molecule has 1 aliphatic heterocycles. The molecule has 0 spiro atoms. The molecule has 1 unspecified atom stereocenters. The Morgan fingerprint density at radius 2 is 1.57 bits per heavy atom. The van der Waals surface area contributed by atoms with Crippen molar-refractivity contribution in [2.75, 3.05) is 40.3 Å². The second-order valence-corrected chi connectivity index (χ2v) is 8.03. The second-order valence-electron chi connectivity index (χ2n) is 8.03. The molecule has 1 aliphatic carbocycles. The summed E-state index contributed by atoms with van der Waals surface area (Å²) in [4.78, 5) is 5.01. The van der Waals surface area contributed by atoms with Crippen LogP contribution < -0.4 is 0 Å². The Labute approximate surface area is 182 Å². The highest BCUT2D eigenvalue weighted by molar-refractivity contribution is 5.85. The first-order chi connectivity index (χ1) is 12.2. The van der Waals surface area contributed by atoms with Gasteiger partial charge in [0.25, 0.3) is 0 Å². The number of halogens is 2. The van der Waals surface area contributed by atoms with Crippen molar-refractivity contribution < 1.29 is 5.48 Å². The molecule has 0 radical (unpaired) electrons. The Morgan fingerprint density at radius 1 is 0.929 bits per heavy atom. The third-order valence-electron chi connectivity index (χ3n) is 6.14. The van der Waals surface area contributed by atoms with E-state index in [4.69, 9.17) is 0 Å². The number of hydrogen-bond acceptors (Lipinski definition) is 2. The van der Waals surface area contributed by atoms with Gasteiger partial charge in [-0.1, -0.05) is 54.6 Å². The van der Waals surface area contributed by atoms with E-state index in [-0.39, 0.29) is 30.3 Å². The predicted octanol–water partition coefficient (Wildman–Crippen LogP) is 4.21. The van der Waals surface area contributed by atoms with Crippen LogP contribution in [0.4, 0.5) is 0 Å². The highest BCUT2D eigenvalue weighted by atomic mass is 35.5. The predicted molar refractivity (Wildman–Crippen MR) is 123 cm³/mol. The number of benzene rings is 2. The largest absolute Gasteiger partial charge is 0.412 e. The zero-order chi connectivity index (χ0) is 17.2. The van der Waals surface area contributed by atoms with Crippen molar-refractivity contribution in [3.63, 3.8) is 0 Å². The number of rotatable bonds is 5. The van der Waals surface area contributed by atoms with Crippen LogP contribution in [0.2, 0.25) is 0 Å². The van der Waals surface area contributed by atoms with E-state index in [1.807, 2.05) is 0 Å². The maximum absolute atomic E-state index is 2.71. The van der Waals surface area contributed by atoms with E-state index in [2.05, 4.69) is 78.5 Å². The summed E-state index contributed by atoms with van der Waals surface area (Å²) in [5.74, 6) is 2.04. The summed E-state index contributed by atoms with van der Waals surface area (Å²) in [7, 11) is 4.34. The van der Waals surface area contributed by atoms with Crippen LogP contribution in [0.3, 0.4) is 0 Å². The van der Waals surface area contributed by atoms with Crippen LogP contribution in [0, 0.1) is 5.92 Å². The van der Waals surface area contributed by atoms with Gasteiger partial charge in [-0.3, -0.25) is 0 Å². The molecule has 3 atom stereocenters. The molecule has 2 aliphatic rings. The van der Waals surface area contributed by atoms with Crippen LogP contribution >= 0.6 is 24.8 Å². The Kier molecular flexibility index (Phi) is 9.96. The van der Waals surface area contributed by atoms with E-state index < -0.39 is 0 Å². The molecule has 2 N–H and O–H groups in total. The van der Waals surface area contributed by atoms with Crippen molar-refractivity contribution in [3.8, 4) is 0 Å². The molecule has 28 heavy (non-hydrogen) atoms. The lowest BCUT2D eigenvalue weighted by atomic mass is 9.79. The van der Waals surface area contributed by atoms with Gasteiger partial charge < -0.3 is 15.3 Å². The van der Waals surface area contributed by atoms with Gasteiger partial charge in [-0.05, 0) is 75.1 Å². The van der Waals surface area contributed by atoms with E-state index in [0.29, 0.717) is 5.92 Å². The highest BCUT2D eigenvalue weighted by Gasteiger charge is 2.43. The standard InChI is InChI=1S/C23H30N2.2ClH.H2O/c1-24(2)14-8-15-25-16-13-20-19-11-6-7-12-21(19)23(22(20)17-25)18-9-4-3-5-10-18;;;/h3-7,9-12,20,22-23H,8,13-17H2,1-2H3;2*1H;1H2/t20-,22-,23?;;;/m0.../s1. The minimum absolute atomic E-state index is 0. The van der Waals surface area contributed by atoms with Gasteiger partial charge in [0, 0.05) is 12.5 Å². The molecule has 2 aromatic rings. The van der Waals surface area contributed by atoms with Crippen LogP contribution in [0.5, 0.6) is 0 Å². The Bertz CT molecular complexity index is 711. The van der Waals surface area contributed by atoms with Gasteiger partial charge in [-0.15, -0.1) is 24.8 Å². The van der Waals surface area contributed by atoms with Gasteiger partial charge in [-0.2, -0.15) is 0 Å². The van der Waals surface area contributed by atoms with E-state index >= 15 is 0 Å². The Morgan fingerprint density at radius 3 is 2.25 bits per heavy atom. The fourth-order valence-corrected chi connectivity index (χ4v) is 5.04. The highest BCUT2D eigenvalue weighted by Crippen LogP contribution is 2.52. The molecule has 3 nitrogen and oxygen atoms in total. The molecule has 0 amide bonds. The van der Waals surface area contributed by atoms with E-state index in [1.165, 1.54) is 44.6 Å². The first-order valence-electron chi connectivity index (χ1n) is 9.75. The van der Waals surface area contributed by atoms with Crippen molar-refractivity contribution in [1.29, 1.82) is 0 Å². The zero-order valence-corrected chi connectivity index (χ0v) is 18.5. The fraction of sp³-hybridized carbons (Fsp3) is 0.478. The summed E-state index contributed by atoms with van der Waals surface area (Å²) >= 11 is 0. The van der Waals surface area contributed by atoms with Gasteiger partial charge in [0.15, 0.2) is 0 Å². The summed E-state index contributed by atoms with van der Waals surface area (Å²) in [5, 5.41) is 0. The lowest BCUT2D eigenvalue weighted by molar-refractivity contribution is 0.149. The fourth-order valence-electron chi connectivity index (χ4n) is 5.04. The first kappa shape index (κ1) is 24.9. The van der Waals surface area contributed by atoms with E-state index in [9.17, 15) is 0 Å². The summed E-state index contributed by atoms with van der Waals surface area (Å²) in [6.45, 7) is 4.92. The molecule has 4 rings (SSSR count). The summed E-state index contributed by atoms with van der Waals surface area (Å²) in [6.07, 6.45) is 2.58. The minimum atomic E-state index is 0. The monoisotopic (exact) mass is 424 g/mol. The Hall–Kier alpha value is -1.10. The quantitative estimate of drug-likeness (QED) is 0.720. The van der Waals surface area contributed by atoms with Gasteiger partial charge in [0.2, 0.25) is 0 Å². The van der Waals surface area contributed by atoms with Crippen LogP contribution in [-0.2, 0) is 0 Å². The molecule has 5 heteroatoms. The first-order valence-corrected chi connectivity index (χ1v) is 9.75. The lowest BCUT2D eigenvalue weighted by Crippen LogP contribution is -2.40. The maximum Gasteiger partial charge on any atom is 0.0138 e. The SMILES string of the molecule is CN(C)CCCN1CC[C@H]2c3ccccc3C(c3ccccc3)[C@H]2C1.Cl.Cl.O. The molecule has 156 valence electrons. The van der Waals surface area contributed by atoms with Crippen molar-refractivity contribution in [2.45, 2.75) is 24.7 Å². The zero-order valence-electron chi connectivity index (χ0n) is 16.9. The molecular weight excluding hydrogens is 391 g/mol. The van der Waals surface area contributed by atoms with E-state index in [1.54, 1.807) is 11.1 Å². The third kappa shape index (κ3) is 5.08. The summed E-state index contributed by atoms with van der Waals surface area (Å²) < 4.78 is 0. The van der Waals surface area contributed by atoms with Gasteiger partial charge in [0.05, 0.1) is 0 Å². The molecule has 0 saturated carbocycles. The van der Waals surface area contributed by atoms with Crippen molar-refractivity contribution >= 4 is 24.8 Å². The number of likely N-dealkylation sites (tertiary alicyclic amines) is 1. The molecule has 2 aromatic carbocycles. The lowest BCUT2D eigenvalue weighted by Gasteiger charge is -2.38. The molecule has 1 fully saturated rings. The number of piperidine rings is 1. The van der Waals surface area contributed by atoms with Crippen LogP contribution in [0.15, 0.2) is 54.6 Å². The second kappa shape index (κ2) is 11.2. The molecule has 0 aromatic heterocycles. The molecular formula is C23H34Cl2N2O. The Balaban J connectivity index is 0.00000131.